The molecule has 25 heavy (non-hydrogen) atoms. The zero-order valence-electron chi connectivity index (χ0n) is 14.3. The maximum Gasteiger partial charge on any atom is 0.405 e. The molecule has 1 unspecified atom stereocenters. The van der Waals surface area contributed by atoms with Gasteiger partial charge in [-0.3, -0.25) is 0 Å². The Labute approximate surface area is 151 Å². The lowest BCUT2D eigenvalue weighted by atomic mass is 9.78. The van der Waals surface area contributed by atoms with Gasteiger partial charge in [-0.05, 0) is 17.7 Å². The van der Waals surface area contributed by atoms with Crippen LogP contribution in [0.25, 0.3) is 11.1 Å². The molecule has 0 spiro atoms. The average molecular weight is 362 g/mol. The monoisotopic (exact) mass is 361 g/mol. The van der Waals surface area contributed by atoms with Gasteiger partial charge in [-0.15, -0.1) is 0 Å². The second kappa shape index (κ2) is 6.48. The maximum atomic E-state index is 11.2. The van der Waals surface area contributed by atoms with Gasteiger partial charge in [-0.2, -0.15) is 0 Å². The number of carboxylic acid groups (broad SMARTS) is 1. The predicted octanol–water partition coefficient (Wildman–Crippen LogP) is 4.74. The van der Waals surface area contributed by atoms with E-state index < -0.39 is 6.09 Å². The molecule has 1 heterocycles. The fourth-order valence-electron chi connectivity index (χ4n) is 3.12. The molecule has 2 aromatic carbocycles. The van der Waals surface area contributed by atoms with Crippen molar-refractivity contribution in [3.05, 3.63) is 47.0 Å². The summed E-state index contributed by atoms with van der Waals surface area (Å²) in [7, 11) is 1.57. The van der Waals surface area contributed by atoms with Crippen LogP contribution >= 0.6 is 11.6 Å². The van der Waals surface area contributed by atoms with Gasteiger partial charge in [0.2, 0.25) is 0 Å². The van der Waals surface area contributed by atoms with Crippen LogP contribution in [0.5, 0.6) is 11.5 Å². The van der Waals surface area contributed by atoms with Crippen molar-refractivity contribution in [3.63, 3.8) is 0 Å². The van der Waals surface area contributed by atoms with Crippen molar-refractivity contribution in [1.82, 2.24) is 5.32 Å². The van der Waals surface area contributed by atoms with Crippen molar-refractivity contribution in [2.24, 2.45) is 5.41 Å². The molecule has 0 fully saturated rings. The van der Waals surface area contributed by atoms with E-state index >= 15 is 0 Å². The molecule has 6 heteroatoms. The summed E-state index contributed by atoms with van der Waals surface area (Å²) in [5, 5.41) is 12.3. The van der Waals surface area contributed by atoms with Gasteiger partial charge in [0, 0.05) is 16.5 Å². The zero-order chi connectivity index (χ0) is 18.2. The maximum absolute atomic E-state index is 11.2. The molecule has 1 aliphatic rings. The number of nitrogens with one attached hydrogen (secondary N) is 1. The first-order valence-corrected chi connectivity index (χ1v) is 8.30. The molecule has 0 bridgehead atoms. The topological polar surface area (TPSA) is 67.8 Å². The Morgan fingerprint density at radius 3 is 2.80 bits per heavy atom. The van der Waals surface area contributed by atoms with Crippen LogP contribution in [0.1, 0.15) is 25.5 Å². The van der Waals surface area contributed by atoms with Crippen LogP contribution < -0.4 is 14.8 Å². The fourth-order valence-corrected chi connectivity index (χ4v) is 3.43. The molecule has 0 aromatic heterocycles. The van der Waals surface area contributed by atoms with E-state index in [1.165, 1.54) is 0 Å². The number of halogens is 1. The van der Waals surface area contributed by atoms with E-state index in [0.29, 0.717) is 23.1 Å². The zero-order valence-corrected chi connectivity index (χ0v) is 15.1. The highest BCUT2D eigenvalue weighted by atomic mass is 35.5. The molecule has 0 radical (unpaired) electrons. The first kappa shape index (κ1) is 17.4. The van der Waals surface area contributed by atoms with Crippen LogP contribution in [0.3, 0.4) is 0 Å². The minimum atomic E-state index is -1.05. The SMILES string of the molecule is COc1cccc(-c2ccc3c(c2)OCC(C)(C)C3NC(=O)O)c1Cl. The molecule has 1 aliphatic heterocycles. The number of ether oxygens (including phenoxy) is 2. The molecule has 5 nitrogen and oxygen atoms in total. The lowest BCUT2D eigenvalue weighted by Crippen LogP contribution is -2.43. The lowest BCUT2D eigenvalue weighted by molar-refractivity contribution is 0.0996. The molecule has 1 amide bonds. The number of fused-ring (bicyclic) bond motifs is 1. The van der Waals surface area contributed by atoms with E-state index in [2.05, 4.69) is 5.32 Å². The molecule has 0 aliphatic carbocycles. The predicted molar refractivity (Wildman–Crippen MR) is 96.6 cm³/mol. The smallest absolute Gasteiger partial charge is 0.405 e. The average Bonchev–Trinajstić information content (AvgIpc) is 2.57. The summed E-state index contributed by atoms with van der Waals surface area (Å²) in [5.74, 6) is 1.26. The number of benzene rings is 2. The van der Waals surface area contributed by atoms with E-state index in [0.717, 1.165) is 16.7 Å². The van der Waals surface area contributed by atoms with Gasteiger partial charge in [0.15, 0.2) is 0 Å². The van der Waals surface area contributed by atoms with Crippen LogP contribution in [0.2, 0.25) is 5.02 Å². The number of amides is 1. The van der Waals surface area contributed by atoms with Crippen LogP contribution in [-0.4, -0.2) is 24.9 Å². The minimum absolute atomic E-state index is 0.344. The van der Waals surface area contributed by atoms with Gasteiger partial charge >= 0.3 is 6.09 Å². The van der Waals surface area contributed by atoms with Crippen LogP contribution in [0.15, 0.2) is 36.4 Å². The summed E-state index contributed by atoms with van der Waals surface area (Å²) in [6, 6.07) is 10.9. The Hall–Kier alpha value is -2.40. The van der Waals surface area contributed by atoms with Gasteiger partial charge < -0.3 is 19.9 Å². The van der Waals surface area contributed by atoms with Gasteiger partial charge in [0.05, 0.1) is 24.8 Å². The Morgan fingerprint density at radius 1 is 1.36 bits per heavy atom. The highest BCUT2D eigenvalue weighted by Crippen LogP contribution is 2.45. The first-order chi connectivity index (χ1) is 11.8. The second-order valence-electron chi connectivity index (χ2n) is 6.73. The molecule has 0 saturated carbocycles. The molecule has 132 valence electrons. The standard InChI is InChI=1S/C19H20ClNO4/c1-19(2)10-25-15-9-11(7-8-13(15)17(19)21-18(22)23)12-5-4-6-14(24-3)16(12)20/h4-9,17,21H,10H2,1-3H3,(H,22,23). The molecule has 0 saturated heterocycles. The summed E-state index contributed by atoms with van der Waals surface area (Å²) < 4.78 is 11.2. The van der Waals surface area contributed by atoms with Crippen LogP contribution in [-0.2, 0) is 0 Å². The van der Waals surface area contributed by atoms with Crippen LogP contribution in [0.4, 0.5) is 4.79 Å². The Morgan fingerprint density at radius 2 is 2.12 bits per heavy atom. The molecular formula is C19H20ClNO4. The van der Waals surface area contributed by atoms with Gasteiger partial charge in [0.25, 0.3) is 0 Å². The quantitative estimate of drug-likeness (QED) is 0.828. The Kier molecular flexibility index (Phi) is 4.52. The third kappa shape index (κ3) is 3.24. The summed E-state index contributed by atoms with van der Waals surface area (Å²) in [6.45, 7) is 4.37. The Bertz CT molecular complexity index is 819. The molecule has 1 atom stereocenters. The summed E-state index contributed by atoms with van der Waals surface area (Å²) in [5.41, 5.74) is 2.19. The normalized spacial score (nSPS) is 18.0. The summed E-state index contributed by atoms with van der Waals surface area (Å²) >= 11 is 6.41. The van der Waals surface area contributed by atoms with Crippen molar-refractivity contribution in [2.45, 2.75) is 19.9 Å². The number of carbonyl (C=O) groups is 1. The minimum Gasteiger partial charge on any atom is -0.495 e. The third-order valence-corrected chi connectivity index (χ3v) is 4.86. The number of rotatable bonds is 3. The highest BCUT2D eigenvalue weighted by Gasteiger charge is 2.38. The van der Waals surface area contributed by atoms with E-state index in [-0.39, 0.29) is 11.5 Å². The second-order valence-corrected chi connectivity index (χ2v) is 7.11. The van der Waals surface area contributed by atoms with Gasteiger partial charge in [0.1, 0.15) is 11.5 Å². The summed E-state index contributed by atoms with van der Waals surface area (Å²) in [4.78, 5) is 11.2. The third-order valence-electron chi connectivity index (χ3n) is 4.47. The number of methoxy groups -OCH3 is 1. The fraction of sp³-hybridized carbons (Fsp3) is 0.316. The largest absolute Gasteiger partial charge is 0.495 e. The van der Waals surface area contributed by atoms with E-state index in [1.807, 2.05) is 44.2 Å². The Balaban J connectivity index is 2.05. The van der Waals surface area contributed by atoms with Crippen LogP contribution in [0, 0.1) is 5.41 Å². The van der Waals surface area contributed by atoms with Crippen molar-refractivity contribution in [3.8, 4) is 22.6 Å². The van der Waals surface area contributed by atoms with Crippen molar-refractivity contribution in [1.29, 1.82) is 0 Å². The highest BCUT2D eigenvalue weighted by molar-refractivity contribution is 6.34. The lowest BCUT2D eigenvalue weighted by Gasteiger charge is -2.39. The van der Waals surface area contributed by atoms with Crippen molar-refractivity contribution in [2.75, 3.05) is 13.7 Å². The van der Waals surface area contributed by atoms with Crippen molar-refractivity contribution < 1.29 is 19.4 Å². The molecule has 2 aromatic rings. The van der Waals surface area contributed by atoms with E-state index in [9.17, 15) is 4.79 Å². The number of hydrogen-bond acceptors (Lipinski definition) is 3. The molecule has 3 rings (SSSR count). The molecular weight excluding hydrogens is 342 g/mol. The van der Waals surface area contributed by atoms with Gasteiger partial charge in [-0.1, -0.05) is 49.7 Å². The first-order valence-electron chi connectivity index (χ1n) is 7.92. The number of hydrogen-bond donors (Lipinski definition) is 2. The van der Waals surface area contributed by atoms with Gasteiger partial charge in [-0.25, -0.2) is 4.79 Å². The van der Waals surface area contributed by atoms with E-state index in [4.69, 9.17) is 26.2 Å². The summed E-state index contributed by atoms with van der Waals surface area (Å²) in [6.07, 6.45) is -1.05. The van der Waals surface area contributed by atoms with E-state index in [1.54, 1.807) is 13.2 Å². The molecule has 2 N–H and O–H groups in total. The van der Waals surface area contributed by atoms with Crippen molar-refractivity contribution >= 4 is 17.7 Å².